The molecule has 106 valence electrons. The molecule has 0 spiro atoms. The molecule has 0 atom stereocenters. The minimum absolute atomic E-state index is 0.0414. The van der Waals surface area contributed by atoms with Gasteiger partial charge in [-0.3, -0.25) is 34.3 Å². The van der Waals surface area contributed by atoms with Crippen molar-refractivity contribution in [2.24, 2.45) is 0 Å². The van der Waals surface area contributed by atoms with Crippen molar-refractivity contribution >= 4 is 23.8 Å². The molecule has 0 bridgehead atoms. The largest absolute Gasteiger partial charge is 0.480 e. The predicted octanol–water partition coefficient (Wildman–Crippen LogP) is -2.58. The standard InChI is InChI=1S/C10H15N3O6/c14-7-3-12(4-8(15)11-7)1-2-13(5-9(16)17)6-10(18)19/h1-6H2,(H,16,17)(H,18,19)(H,11,14,15). The van der Waals surface area contributed by atoms with Crippen LogP contribution in [0.2, 0.25) is 0 Å². The zero-order chi connectivity index (χ0) is 14.4. The number of imide groups is 1. The van der Waals surface area contributed by atoms with Crippen molar-refractivity contribution in [1.82, 2.24) is 15.1 Å². The van der Waals surface area contributed by atoms with Gasteiger partial charge in [0.1, 0.15) is 0 Å². The predicted molar refractivity (Wildman–Crippen MR) is 61.3 cm³/mol. The van der Waals surface area contributed by atoms with Crippen LogP contribution in [-0.4, -0.2) is 83.0 Å². The molecular formula is C10H15N3O6. The molecule has 2 amide bonds. The zero-order valence-electron chi connectivity index (χ0n) is 10.2. The van der Waals surface area contributed by atoms with Gasteiger partial charge in [-0.2, -0.15) is 0 Å². The topological polar surface area (TPSA) is 127 Å². The fourth-order valence-electron chi connectivity index (χ4n) is 1.73. The van der Waals surface area contributed by atoms with Crippen molar-refractivity contribution in [3.05, 3.63) is 0 Å². The number of aliphatic carboxylic acids is 2. The number of nitrogens with zero attached hydrogens (tertiary/aromatic N) is 2. The first-order valence-electron chi connectivity index (χ1n) is 5.58. The summed E-state index contributed by atoms with van der Waals surface area (Å²) < 4.78 is 0. The Hall–Kier alpha value is -2.00. The molecule has 0 aliphatic carbocycles. The highest BCUT2D eigenvalue weighted by atomic mass is 16.4. The molecule has 0 saturated carbocycles. The molecule has 1 aliphatic heterocycles. The van der Waals surface area contributed by atoms with Crippen LogP contribution in [0.1, 0.15) is 0 Å². The molecule has 1 aliphatic rings. The van der Waals surface area contributed by atoms with E-state index in [9.17, 15) is 19.2 Å². The summed E-state index contributed by atoms with van der Waals surface area (Å²) in [6, 6.07) is 0. The Morgan fingerprint density at radius 1 is 1.11 bits per heavy atom. The fraction of sp³-hybridized carbons (Fsp3) is 0.600. The molecular weight excluding hydrogens is 258 g/mol. The van der Waals surface area contributed by atoms with Crippen LogP contribution in [0.25, 0.3) is 0 Å². The number of carboxylic acid groups (broad SMARTS) is 2. The van der Waals surface area contributed by atoms with Crippen molar-refractivity contribution in [2.45, 2.75) is 0 Å². The maximum absolute atomic E-state index is 11.1. The smallest absolute Gasteiger partial charge is 0.317 e. The maximum Gasteiger partial charge on any atom is 0.317 e. The molecule has 1 fully saturated rings. The van der Waals surface area contributed by atoms with E-state index in [4.69, 9.17) is 10.2 Å². The Morgan fingerprint density at radius 2 is 1.58 bits per heavy atom. The van der Waals surface area contributed by atoms with Crippen LogP contribution in [-0.2, 0) is 19.2 Å². The molecule has 1 heterocycles. The maximum atomic E-state index is 11.1. The lowest BCUT2D eigenvalue weighted by atomic mass is 10.3. The lowest BCUT2D eigenvalue weighted by molar-refractivity contribution is -0.143. The van der Waals surface area contributed by atoms with E-state index in [0.29, 0.717) is 0 Å². The Morgan fingerprint density at radius 3 is 2.00 bits per heavy atom. The summed E-state index contributed by atoms with van der Waals surface area (Å²) in [5.41, 5.74) is 0. The number of hydrogen-bond donors (Lipinski definition) is 3. The van der Waals surface area contributed by atoms with Crippen molar-refractivity contribution in [3.8, 4) is 0 Å². The third-order valence-electron chi connectivity index (χ3n) is 2.46. The lowest BCUT2D eigenvalue weighted by Crippen LogP contribution is -2.53. The minimum atomic E-state index is -1.13. The van der Waals surface area contributed by atoms with E-state index in [-0.39, 0.29) is 26.2 Å². The average molecular weight is 273 g/mol. The Bertz CT molecular complexity index is 365. The van der Waals surface area contributed by atoms with Gasteiger partial charge in [-0.1, -0.05) is 0 Å². The van der Waals surface area contributed by atoms with Crippen molar-refractivity contribution < 1.29 is 29.4 Å². The van der Waals surface area contributed by atoms with Crippen LogP contribution < -0.4 is 5.32 Å². The second-order valence-electron chi connectivity index (χ2n) is 4.18. The first-order chi connectivity index (χ1) is 8.86. The van der Waals surface area contributed by atoms with E-state index in [0.717, 1.165) is 0 Å². The van der Waals surface area contributed by atoms with Gasteiger partial charge in [-0.15, -0.1) is 0 Å². The van der Waals surface area contributed by atoms with E-state index < -0.39 is 36.8 Å². The molecule has 1 saturated heterocycles. The second-order valence-corrected chi connectivity index (χ2v) is 4.18. The molecule has 0 aromatic heterocycles. The first kappa shape index (κ1) is 15.1. The molecule has 19 heavy (non-hydrogen) atoms. The Kier molecular flexibility index (Phi) is 5.39. The monoisotopic (exact) mass is 273 g/mol. The number of carboxylic acids is 2. The number of piperazine rings is 1. The van der Waals surface area contributed by atoms with Crippen molar-refractivity contribution in [2.75, 3.05) is 39.3 Å². The summed E-state index contributed by atoms with van der Waals surface area (Å²) in [6.07, 6.45) is 0. The average Bonchev–Trinajstić information content (AvgIpc) is 2.23. The number of hydrogen-bond acceptors (Lipinski definition) is 6. The van der Waals surface area contributed by atoms with Crippen LogP contribution in [0.4, 0.5) is 0 Å². The van der Waals surface area contributed by atoms with Gasteiger partial charge < -0.3 is 10.2 Å². The summed E-state index contributed by atoms with van der Waals surface area (Å²) >= 11 is 0. The third kappa shape index (κ3) is 5.93. The van der Waals surface area contributed by atoms with Crippen molar-refractivity contribution in [1.29, 1.82) is 0 Å². The summed E-state index contributed by atoms with van der Waals surface area (Å²) in [6.45, 7) is -0.321. The van der Waals surface area contributed by atoms with Gasteiger partial charge in [-0.05, 0) is 0 Å². The molecule has 0 aromatic rings. The number of rotatable bonds is 7. The second kappa shape index (κ2) is 6.81. The van der Waals surface area contributed by atoms with Crippen LogP contribution in [0.3, 0.4) is 0 Å². The van der Waals surface area contributed by atoms with Gasteiger partial charge in [0.15, 0.2) is 0 Å². The van der Waals surface area contributed by atoms with E-state index >= 15 is 0 Å². The van der Waals surface area contributed by atoms with E-state index in [2.05, 4.69) is 5.32 Å². The van der Waals surface area contributed by atoms with Gasteiger partial charge in [0, 0.05) is 13.1 Å². The van der Waals surface area contributed by atoms with E-state index in [1.807, 2.05) is 0 Å². The van der Waals surface area contributed by atoms with Crippen molar-refractivity contribution in [3.63, 3.8) is 0 Å². The highest BCUT2D eigenvalue weighted by molar-refractivity contribution is 5.99. The fourth-order valence-corrected chi connectivity index (χ4v) is 1.73. The lowest BCUT2D eigenvalue weighted by Gasteiger charge is -2.27. The molecule has 9 heteroatoms. The highest BCUT2D eigenvalue weighted by Crippen LogP contribution is 1.97. The molecule has 3 N–H and O–H groups in total. The van der Waals surface area contributed by atoms with Gasteiger partial charge >= 0.3 is 11.9 Å². The van der Waals surface area contributed by atoms with E-state index in [1.54, 1.807) is 0 Å². The van der Waals surface area contributed by atoms with Crippen LogP contribution in [0.15, 0.2) is 0 Å². The first-order valence-corrected chi connectivity index (χ1v) is 5.58. The van der Waals surface area contributed by atoms with Crippen LogP contribution in [0, 0.1) is 0 Å². The summed E-state index contributed by atoms with van der Waals surface area (Å²) in [5, 5.41) is 19.4. The zero-order valence-corrected chi connectivity index (χ0v) is 10.2. The Labute approximate surface area is 108 Å². The molecule has 9 nitrogen and oxygen atoms in total. The molecule has 0 unspecified atom stereocenters. The van der Waals surface area contributed by atoms with Crippen LogP contribution in [0.5, 0.6) is 0 Å². The number of carbonyl (C=O) groups is 4. The third-order valence-corrected chi connectivity index (χ3v) is 2.46. The highest BCUT2D eigenvalue weighted by Gasteiger charge is 2.23. The summed E-state index contributed by atoms with van der Waals surface area (Å²) in [4.78, 5) is 46.1. The number of carbonyl (C=O) groups excluding carboxylic acids is 2. The van der Waals surface area contributed by atoms with Crippen LogP contribution >= 0.6 is 0 Å². The van der Waals surface area contributed by atoms with Gasteiger partial charge in [0.25, 0.3) is 0 Å². The normalized spacial score (nSPS) is 16.5. The molecule has 1 rings (SSSR count). The van der Waals surface area contributed by atoms with E-state index in [1.165, 1.54) is 9.80 Å². The number of nitrogens with one attached hydrogen (secondary N) is 1. The SMILES string of the molecule is O=C(O)CN(CCN1CC(=O)NC(=O)C1)CC(=O)O. The molecule has 0 aromatic carbocycles. The van der Waals surface area contributed by atoms with Gasteiger partial charge in [-0.25, -0.2) is 0 Å². The van der Waals surface area contributed by atoms with Gasteiger partial charge in [0.05, 0.1) is 26.2 Å². The molecule has 0 radical (unpaired) electrons. The Balaban J connectivity index is 2.45. The quantitative estimate of drug-likeness (QED) is 0.431. The minimum Gasteiger partial charge on any atom is -0.480 e. The van der Waals surface area contributed by atoms with Gasteiger partial charge in [0.2, 0.25) is 11.8 Å². The summed E-state index contributed by atoms with van der Waals surface area (Å²) in [5.74, 6) is -3.10. The summed E-state index contributed by atoms with van der Waals surface area (Å²) in [7, 11) is 0. The number of amides is 2.